The van der Waals surface area contributed by atoms with Crippen molar-refractivity contribution >= 4 is 23.3 Å². The van der Waals surface area contributed by atoms with Gasteiger partial charge in [-0.05, 0) is 25.5 Å². The monoisotopic (exact) mass is 375 g/mol. The molecule has 0 fully saturated rings. The Morgan fingerprint density at radius 1 is 1.46 bits per heavy atom. The zero-order valence-electron chi connectivity index (χ0n) is 14.4. The molecule has 8 nitrogen and oxygen atoms in total. The van der Waals surface area contributed by atoms with Crippen LogP contribution in [0, 0.1) is 6.92 Å². The molecule has 3 rings (SSSR count). The summed E-state index contributed by atoms with van der Waals surface area (Å²) in [6, 6.07) is 5.13. The van der Waals surface area contributed by atoms with Gasteiger partial charge < -0.3 is 9.73 Å². The minimum Gasteiger partial charge on any atom is -0.463 e. The van der Waals surface area contributed by atoms with Crippen LogP contribution in [0.25, 0.3) is 17.4 Å². The van der Waals surface area contributed by atoms with Gasteiger partial charge in [-0.25, -0.2) is 4.98 Å². The fourth-order valence-electron chi connectivity index (χ4n) is 2.58. The van der Waals surface area contributed by atoms with E-state index < -0.39 is 0 Å². The largest absolute Gasteiger partial charge is 0.463 e. The highest BCUT2D eigenvalue weighted by Gasteiger charge is 2.17. The van der Waals surface area contributed by atoms with E-state index in [0.717, 1.165) is 0 Å². The maximum absolute atomic E-state index is 12.3. The van der Waals surface area contributed by atoms with Crippen molar-refractivity contribution in [2.24, 2.45) is 0 Å². The number of carbonyl (C=O) groups excluding carboxylic acids is 1. The number of aromatic amines is 1. The number of H-pyrrole nitrogens is 1. The second-order valence-electron chi connectivity index (χ2n) is 5.60. The van der Waals surface area contributed by atoms with Crippen molar-refractivity contribution in [3.05, 3.63) is 46.1 Å². The van der Waals surface area contributed by atoms with Gasteiger partial charge in [0.15, 0.2) is 5.76 Å². The number of halogens is 1. The average Bonchev–Trinajstić information content (AvgIpc) is 3.24. The molecule has 0 aromatic carbocycles. The highest BCUT2D eigenvalue weighted by atomic mass is 35.5. The Morgan fingerprint density at radius 2 is 2.27 bits per heavy atom. The fraction of sp³-hybridized carbons (Fsp3) is 0.294. The van der Waals surface area contributed by atoms with Crippen molar-refractivity contribution in [3.63, 3.8) is 0 Å². The van der Waals surface area contributed by atoms with Gasteiger partial charge in [0, 0.05) is 29.6 Å². The van der Waals surface area contributed by atoms with E-state index in [9.17, 15) is 9.59 Å². The smallest absolute Gasteiger partial charge is 0.255 e. The summed E-state index contributed by atoms with van der Waals surface area (Å²) in [5.74, 6) is 1.03. The minimum atomic E-state index is -0.267. The highest BCUT2D eigenvalue weighted by molar-refractivity contribution is 6.19. The van der Waals surface area contributed by atoms with Crippen LogP contribution < -0.4 is 10.9 Å². The Balaban J connectivity index is 2.10. The van der Waals surface area contributed by atoms with Crippen molar-refractivity contribution in [2.45, 2.75) is 26.7 Å². The number of rotatable bonds is 6. The lowest BCUT2D eigenvalue weighted by Crippen LogP contribution is -2.21. The lowest BCUT2D eigenvalue weighted by molar-refractivity contribution is -0.115. The van der Waals surface area contributed by atoms with E-state index in [4.69, 9.17) is 16.0 Å². The first-order chi connectivity index (χ1) is 12.5. The normalized spacial score (nSPS) is 10.9. The SMILES string of the molecule is CCc1c(C)nc(-n2nc(-c3ccco3)cc2NC(=O)CCCl)[nH]c1=O. The first-order valence-electron chi connectivity index (χ1n) is 8.13. The molecule has 0 radical (unpaired) electrons. The van der Waals surface area contributed by atoms with Gasteiger partial charge in [-0.2, -0.15) is 9.78 Å². The lowest BCUT2D eigenvalue weighted by atomic mass is 10.2. The summed E-state index contributed by atoms with van der Waals surface area (Å²) in [7, 11) is 0. The summed E-state index contributed by atoms with van der Waals surface area (Å²) in [6.07, 6.45) is 2.26. The Labute approximate surface area is 154 Å². The predicted molar refractivity (Wildman–Crippen MR) is 97.8 cm³/mol. The van der Waals surface area contributed by atoms with E-state index in [0.29, 0.717) is 35.0 Å². The van der Waals surface area contributed by atoms with Gasteiger partial charge >= 0.3 is 0 Å². The van der Waals surface area contributed by atoms with Crippen LogP contribution in [0.2, 0.25) is 0 Å². The zero-order valence-corrected chi connectivity index (χ0v) is 15.1. The summed E-state index contributed by atoms with van der Waals surface area (Å²) in [5.41, 5.74) is 1.48. The molecule has 9 heteroatoms. The molecule has 3 aromatic rings. The maximum atomic E-state index is 12.3. The molecular weight excluding hydrogens is 358 g/mol. The summed E-state index contributed by atoms with van der Waals surface area (Å²) in [6.45, 7) is 3.65. The number of hydrogen-bond donors (Lipinski definition) is 2. The highest BCUT2D eigenvalue weighted by Crippen LogP contribution is 2.24. The molecule has 3 aromatic heterocycles. The van der Waals surface area contributed by atoms with Crippen LogP contribution in [-0.2, 0) is 11.2 Å². The number of furan rings is 1. The summed E-state index contributed by atoms with van der Waals surface area (Å²) in [5, 5.41) is 7.15. The van der Waals surface area contributed by atoms with Gasteiger partial charge in [-0.1, -0.05) is 6.92 Å². The number of carbonyl (C=O) groups is 1. The standard InChI is InChI=1S/C17H18ClN5O3/c1-3-11-10(2)19-17(21-16(11)25)23-14(20-15(24)6-7-18)9-12(22-23)13-5-4-8-26-13/h4-5,8-9H,3,6-7H2,1-2H3,(H,20,24)(H,19,21,25). The van der Waals surface area contributed by atoms with Gasteiger partial charge in [0.2, 0.25) is 11.9 Å². The third-order valence-corrected chi connectivity index (χ3v) is 4.02. The third-order valence-electron chi connectivity index (χ3n) is 3.84. The van der Waals surface area contributed by atoms with Crippen molar-refractivity contribution in [1.29, 1.82) is 0 Å². The molecule has 0 aliphatic heterocycles. The Morgan fingerprint density at radius 3 is 2.88 bits per heavy atom. The maximum Gasteiger partial charge on any atom is 0.255 e. The van der Waals surface area contributed by atoms with Crippen molar-refractivity contribution in [3.8, 4) is 17.4 Å². The molecular formula is C17H18ClN5O3. The molecule has 136 valence electrons. The van der Waals surface area contributed by atoms with Crippen LogP contribution >= 0.6 is 11.6 Å². The Hall–Kier alpha value is -2.87. The molecule has 1 amide bonds. The van der Waals surface area contributed by atoms with Gasteiger partial charge in [-0.3, -0.25) is 14.6 Å². The molecule has 0 unspecified atom stereocenters. The third kappa shape index (κ3) is 3.55. The average molecular weight is 376 g/mol. The lowest BCUT2D eigenvalue weighted by Gasteiger charge is -2.09. The molecule has 26 heavy (non-hydrogen) atoms. The number of nitrogens with one attached hydrogen (secondary N) is 2. The van der Waals surface area contributed by atoms with E-state index in [2.05, 4.69) is 20.4 Å². The van der Waals surface area contributed by atoms with Crippen molar-refractivity contribution < 1.29 is 9.21 Å². The summed E-state index contributed by atoms with van der Waals surface area (Å²) in [4.78, 5) is 31.4. The molecule has 0 aliphatic rings. The van der Waals surface area contributed by atoms with Crippen LogP contribution in [0.3, 0.4) is 0 Å². The number of nitrogens with zero attached hydrogens (tertiary/aromatic N) is 3. The van der Waals surface area contributed by atoms with Crippen LogP contribution in [0.5, 0.6) is 0 Å². The number of aryl methyl sites for hydroxylation is 1. The van der Waals surface area contributed by atoms with Crippen molar-refractivity contribution in [2.75, 3.05) is 11.2 Å². The first-order valence-corrected chi connectivity index (χ1v) is 8.66. The van der Waals surface area contributed by atoms with E-state index >= 15 is 0 Å². The second-order valence-corrected chi connectivity index (χ2v) is 5.98. The number of hydrogen-bond acceptors (Lipinski definition) is 5. The number of amides is 1. The predicted octanol–water partition coefficient (Wildman–Crippen LogP) is 2.65. The summed E-state index contributed by atoms with van der Waals surface area (Å²) >= 11 is 5.62. The van der Waals surface area contributed by atoms with Gasteiger partial charge in [0.05, 0.1) is 6.26 Å². The van der Waals surface area contributed by atoms with Crippen LogP contribution in [-0.4, -0.2) is 31.5 Å². The molecule has 0 spiro atoms. The summed E-state index contributed by atoms with van der Waals surface area (Å²) < 4.78 is 6.73. The van der Waals surface area contributed by atoms with E-state index in [1.54, 1.807) is 25.1 Å². The second kappa shape index (κ2) is 7.57. The zero-order chi connectivity index (χ0) is 18.7. The first kappa shape index (κ1) is 17.9. The van der Waals surface area contributed by atoms with Crippen LogP contribution in [0.1, 0.15) is 24.6 Å². The number of aromatic nitrogens is 4. The molecule has 0 saturated heterocycles. The van der Waals surface area contributed by atoms with E-state index in [1.807, 2.05) is 6.92 Å². The topological polar surface area (TPSA) is 106 Å². The number of alkyl halides is 1. The number of anilines is 1. The van der Waals surface area contributed by atoms with Crippen LogP contribution in [0.15, 0.2) is 33.7 Å². The quantitative estimate of drug-likeness (QED) is 0.644. The Kier molecular flexibility index (Phi) is 5.22. The van der Waals surface area contributed by atoms with Gasteiger partial charge in [0.1, 0.15) is 11.5 Å². The van der Waals surface area contributed by atoms with Crippen molar-refractivity contribution in [1.82, 2.24) is 19.7 Å². The molecule has 2 N–H and O–H groups in total. The Bertz CT molecular complexity index is 975. The van der Waals surface area contributed by atoms with E-state index in [1.165, 1.54) is 10.9 Å². The molecule has 3 heterocycles. The molecule has 0 saturated carbocycles. The van der Waals surface area contributed by atoms with Gasteiger partial charge in [-0.15, -0.1) is 11.6 Å². The minimum absolute atomic E-state index is 0.153. The fourth-order valence-corrected chi connectivity index (χ4v) is 2.75. The van der Waals surface area contributed by atoms with E-state index in [-0.39, 0.29) is 29.7 Å². The molecule has 0 aliphatic carbocycles. The van der Waals surface area contributed by atoms with Crippen LogP contribution in [0.4, 0.5) is 5.82 Å². The molecule has 0 bridgehead atoms. The molecule has 0 atom stereocenters. The van der Waals surface area contributed by atoms with Gasteiger partial charge in [0.25, 0.3) is 5.56 Å².